The molecule has 3 aromatic heterocycles. The van der Waals surface area contributed by atoms with E-state index in [-0.39, 0.29) is 5.91 Å². The molecule has 0 saturated carbocycles. The number of nitrogens with one attached hydrogen (secondary N) is 2. The molecule has 9 nitrogen and oxygen atoms in total. The van der Waals surface area contributed by atoms with Crippen LogP contribution in [0, 0.1) is 0 Å². The van der Waals surface area contributed by atoms with Crippen LogP contribution in [0.2, 0.25) is 0 Å². The van der Waals surface area contributed by atoms with Gasteiger partial charge < -0.3 is 15.2 Å². The first-order valence-corrected chi connectivity index (χ1v) is 9.74. The highest BCUT2D eigenvalue weighted by Gasteiger charge is 2.23. The number of hydrogen-bond acceptors (Lipinski definition) is 7. The Morgan fingerprint density at radius 2 is 1.90 bits per heavy atom. The van der Waals surface area contributed by atoms with Gasteiger partial charge in [-0.1, -0.05) is 5.16 Å². The molecule has 0 fully saturated rings. The maximum Gasteiger partial charge on any atom is 0.278 e. The fourth-order valence-electron chi connectivity index (χ4n) is 3.48. The second-order valence-corrected chi connectivity index (χ2v) is 7.01. The van der Waals surface area contributed by atoms with Gasteiger partial charge in [0.25, 0.3) is 5.91 Å². The molecule has 30 heavy (non-hydrogen) atoms. The molecule has 0 atom stereocenters. The zero-order chi connectivity index (χ0) is 20.3. The fraction of sp³-hybridized carbons (Fsp3) is 0.190. The lowest BCUT2D eigenvalue weighted by atomic mass is 9.96. The van der Waals surface area contributed by atoms with Crippen molar-refractivity contribution in [2.24, 2.45) is 0 Å². The van der Waals surface area contributed by atoms with Gasteiger partial charge in [-0.2, -0.15) is 5.10 Å². The number of fused-ring (bicyclic) bond motifs is 1. The second-order valence-electron chi connectivity index (χ2n) is 7.01. The summed E-state index contributed by atoms with van der Waals surface area (Å²) in [6, 6.07) is 11.0. The average molecular weight is 401 g/mol. The molecular weight excluding hydrogens is 382 g/mol. The molecular formula is C21H19N7O2. The Labute approximate surface area is 172 Å². The van der Waals surface area contributed by atoms with Crippen LogP contribution in [0.15, 0.2) is 59.6 Å². The summed E-state index contributed by atoms with van der Waals surface area (Å²) < 4.78 is 6.99. The van der Waals surface area contributed by atoms with E-state index in [1.807, 2.05) is 36.5 Å². The van der Waals surface area contributed by atoms with Crippen LogP contribution < -0.4 is 10.6 Å². The number of anilines is 3. The second kappa shape index (κ2) is 7.78. The van der Waals surface area contributed by atoms with Gasteiger partial charge in [0.15, 0.2) is 11.5 Å². The first-order valence-electron chi connectivity index (χ1n) is 9.74. The van der Waals surface area contributed by atoms with Crippen molar-refractivity contribution in [2.75, 3.05) is 10.6 Å². The van der Waals surface area contributed by atoms with Crippen molar-refractivity contribution < 1.29 is 9.32 Å². The minimum atomic E-state index is -0.248. The quantitative estimate of drug-likeness (QED) is 0.526. The van der Waals surface area contributed by atoms with Crippen LogP contribution in [0.1, 0.15) is 34.7 Å². The molecule has 5 rings (SSSR count). The van der Waals surface area contributed by atoms with Gasteiger partial charge in [0.05, 0.1) is 0 Å². The third-order valence-corrected chi connectivity index (χ3v) is 4.97. The summed E-state index contributed by atoms with van der Waals surface area (Å²) in [5, 5.41) is 14.3. The van der Waals surface area contributed by atoms with Crippen LogP contribution in [-0.2, 0) is 12.8 Å². The van der Waals surface area contributed by atoms with Crippen molar-refractivity contribution in [3.63, 3.8) is 0 Å². The van der Waals surface area contributed by atoms with E-state index in [0.29, 0.717) is 23.0 Å². The molecule has 2 N–H and O–H groups in total. The van der Waals surface area contributed by atoms with E-state index < -0.39 is 0 Å². The van der Waals surface area contributed by atoms with Crippen molar-refractivity contribution >= 4 is 23.1 Å². The van der Waals surface area contributed by atoms with Crippen molar-refractivity contribution in [1.29, 1.82) is 0 Å². The molecule has 1 aromatic carbocycles. The van der Waals surface area contributed by atoms with Gasteiger partial charge in [-0.15, -0.1) is 0 Å². The summed E-state index contributed by atoms with van der Waals surface area (Å²) >= 11 is 0. The summed E-state index contributed by atoms with van der Waals surface area (Å²) in [4.78, 5) is 21.1. The van der Waals surface area contributed by atoms with Crippen LogP contribution in [0.5, 0.6) is 0 Å². The summed E-state index contributed by atoms with van der Waals surface area (Å²) in [5.74, 6) is 1.89. The lowest BCUT2D eigenvalue weighted by Crippen LogP contribution is -2.15. The monoisotopic (exact) mass is 401 g/mol. The molecule has 0 unspecified atom stereocenters. The van der Waals surface area contributed by atoms with Crippen LogP contribution in [-0.4, -0.2) is 30.8 Å². The molecule has 0 spiro atoms. The first kappa shape index (κ1) is 18.0. The van der Waals surface area contributed by atoms with Crippen molar-refractivity contribution in [1.82, 2.24) is 24.9 Å². The van der Waals surface area contributed by atoms with Gasteiger partial charge in [0.1, 0.15) is 17.9 Å². The van der Waals surface area contributed by atoms with Gasteiger partial charge in [-0.3, -0.25) is 4.79 Å². The number of amides is 1. The van der Waals surface area contributed by atoms with E-state index in [4.69, 9.17) is 4.52 Å². The zero-order valence-corrected chi connectivity index (χ0v) is 16.1. The van der Waals surface area contributed by atoms with E-state index in [1.165, 1.54) is 6.33 Å². The summed E-state index contributed by atoms with van der Waals surface area (Å²) in [7, 11) is 0. The molecule has 1 aliphatic carbocycles. The van der Waals surface area contributed by atoms with E-state index in [9.17, 15) is 4.79 Å². The SMILES string of the molecule is O=C(Nc1ccc(Nc2cc(-n3cccn3)ncn2)cc1)c1noc2c1CCCC2. The number of aryl methyl sites for hydroxylation is 1. The Morgan fingerprint density at radius 3 is 2.73 bits per heavy atom. The maximum absolute atomic E-state index is 12.6. The zero-order valence-electron chi connectivity index (χ0n) is 16.1. The molecule has 0 bridgehead atoms. The number of rotatable bonds is 5. The van der Waals surface area contributed by atoms with Crippen molar-refractivity contribution in [3.8, 4) is 5.82 Å². The largest absolute Gasteiger partial charge is 0.360 e. The number of hydrogen-bond donors (Lipinski definition) is 2. The summed E-state index contributed by atoms with van der Waals surface area (Å²) in [5.41, 5.74) is 2.84. The van der Waals surface area contributed by atoms with Crippen LogP contribution in [0.4, 0.5) is 17.2 Å². The number of nitrogens with zero attached hydrogens (tertiary/aromatic N) is 5. The molecule has 9 heteroatoms. The molecule has 4 aromatic rings. The van der Waals surface area contributed by atoms with Crippen molar-refractivity contribution in [2.45, 2.75) is 25.7 Å². The minimum absolute atomic E-state index is 0.248. The average Bonchev–Trinajstić information content (AvgIpc) is 3.46. The first-order chi connectivity index (χ1) is 14.8. The van der Waals surface area contributed by atoms with Crippen LogP contribution in [0.25, 0.3) is 5.82 Å². The number of carbonyl (C=O) groups is 1. The number of benzene rings is 1. The molecule has 3 heterocycles. The molecule has 0 aliphatic heterocycles. The Hall–Kier alpha value is -4.01. The van der Waals surface area contributed by atoms with E-state index >= 15 is 0 Å². The van der Waals surface area contributed by atoms with Gasteiger partial charge >= 0.3 is 0 Å². The molecule has 0 saturated heterocycles. The maximum atomic E-state index is 12.6. The predicted octanol–water partition coefficient (Wildman–Crippen LogP) is 3.53. The van der Waals surface area contributed by atoms with E-state index in [1.54, 1.807) is 16.9 Å². The van der Waals surface area contributed by atoms with E-state index in [0.717, 1.165) is 42.7 Å². The Balaban J connectivity index is 1.26. The third kappa shape index (κ3) is 3.64. The smallest absolute Gasteiger partial charge is 0.278 e. The van der Waals surface area contributed by atoms with Crippen LogP contribution >= 0.6 is 0 Å². The lowest BCUT2D eigenvalue weighted by molar-refractivity contribution is 0.101. The topological polar surface area (TPSA) is 111 Å². The molecule has 150 valence electrons. The van der Waals surface area contributed by atoms with E-state index in [2.05, 4.69) is 30.9 Å². The third-order valence-electron chi connectivity index (χ3n) is 4.97. The molecule has 1 amide bonds. The lowest BCUT2D eigenvalue weighted by Gasteiger charge is -2.10. The summed E-state index contributed by atoms with van der Waals surface area (Å²) in [6.45, 7) is 0. The fourth-order valence-corrected chi connectivity index (χ4v) is 3.48. The van der Waals surface area contributed by atoms with Gasteiger partial charge in [-0.05, 0) is 49.6 Å². The molecule has 0 radical (unpaired) electrons. The van der Waals surface area contributed by atoms with Gasteiger partial charge in [-0.25, -0.2) is 14.6 Å². The van der Waals surface area contributed by atoms with Gasteiger partial charge in [0, 0.05) is 41.8 Å². The Morgan fingerprint density at radius 1 is 1.07 bits per heavy atom. The molecule has 1 aliphatic rings. The summed E-state index contributed by atoms with van der Waals surface area (Å²) in [6.07, 6.45) is 8.80. The highest BCUT2D eigenvalue weighted by molar-refractivity contribution is 6.04. The standard InChI is InChI=1S/C21H19N7O2/c29-21(20-16-4-1-2-5-17(16)30-27-20)26-15-8-6-14(7-9-15)25-18-12-19(23-13-22-18)28-11-3-10-24-28/h3,6-13H,1-2,4-5H2,(H,26,29)(H,22,23,25). The van der Waals surface area contributed by atoms with Gasteiger partial charge in [0.2, 0.25) is 0 Å². The minimum Gasteiger partial charge on any atom is -0.360 e. The number of aromatic nitrogens is 5. The normalized spacial score (nSPS) is 12.9. The highest BCUT2D eigenvalue weighted by atomic mass is 16.5. The Bertz CT molecular complexity index is 1170. The number of carbonyl (C=O) groups excluding carboxylic acids is 1. The van der Waals surface area contributed by atoms with Crippen molar-refractivity contribution in [3.05, 3.63) is 72.1 Å². The highest BCUT2D eigenvalue weighted by Crippen LogP contribution is 2.25. The Kier molecular flexibility index (Phi) is 4.68. The predicted molar refractivity (Wildman–Crippen MR) is 110 cm³/mol. The van der Waals surface area contributed by atoms with Crippen LogP contribution in [0.3, 0.4) is 0 Å².